The summed E-state index contributed by atoms with van der Waals surface area (Å²) in [5.74, 6) is 0.879. The topological polar surface area (TPSA) is 34.1 Å². The lowest BCUT2D eigenvalue weighted by atomic mass is 9.56. The van der Waals surface area contributed by atoms with Crippen LogP contribution < -0.4 is 0 Å². The number of hydrogen-bond donors (Lipinski definition) is 0. The molecule has 0 saturated heterocycles. The van der Waals surface area contributed by atoms with Gasteiger partial charge >= 0.3 is 0 Å². The van der Waals surface area contributed by atoms with Gasteiger partial charge in [-0.15, -0.1) is 0 Å². The van der Waals surface area contributed by atoms with Crippen LogP contribution in [0.15, 0.2) is 0 Å². The van der Waals surface area contributed by atoms with Crippen molar-refractivity contribution in [2.75, 3.05) is 6.26 Å². The van der Waals surface area contributed by atoms with Crippen molar-refractivity contribution in [3.05, 3.63) is 0 Å². The molecular weight excluding hydrogens is 196 g/mol. The Morgan fingerprint density at radius 2 is 1.64 bits per heavy atom. The Labute approximate surface area is 87.0 Å². The molecule has 82 valence electrons. The van der Waals surface area contributed by atoms with Crippen molar-refractivity contribution >= 4 is 9.84 Å². The summed E-state index contributed by atoms with van der Waals surface area (Å²) in [5.41, 5.74) is 0.556. The number of rotatable bonds is 1. The quantitative estimate of drug-likeness (QED) is 0.674. The molecule has 0 aromatic rings. The first-order chi connectivity index (χ1) is 6.41. The summed E-state index contributed by atoms with van der Waals surface area (Å²) < 4.78 is 22.7. The first kappa shape index (κ1) is 10.5. The van der Waals surface area contributed by atoms with E-state index in [1.165, 1.54) is 19.1 Å². The van der Waals surface area contributed by atoms with Crippen LogP contribution in [0, 0.1) is 11.3 Å². The van der Waals surface area contributed by atoms with E-state index >= 15 is 0 Å². The second-order valence-corrected chi connectivity index (χ2v) is 7.87. The van der Waals surface area contributed by atoms with Gasteiger partial charge in [-0.2, -0.15) is 0 Å². The van der Waals surface area contributed by atoms with Crippen LogP contribution in [0.2, 0.25) is 0 Å². The third-order valence-electron chi connectivity index (χ3n) is 4.16. The molecule has 2 aliphatic rings. The average molecular weight is 216 g/mol. The van der Waals surface area contributed by atoms with Gasteiger partial charge in [0.05, 0.1) is 5.25 Å². The fourth-order valence-electron chi connectivity index (χ4n) is 3.46. The predicted octanol–water partition coefficient (Wildman–Crippen LogP) is 2.39. The molecule has 0 N–H and O–H groups in total. The largest absolute Gasteiger partial charge is 0.229 e. The molecule has 0 aromatic carbocycles. The van der Waals surface area contributed by atoms with Crippen molar-refractivity contribution in [1.82, 2.24) is 0 Å². The molecule has 2 fully saturated rings. The van der Waals surface area contributed by atoms with Crippen molar-refractivity contribution in [3.8, 4) is 0 Å². The minimum atomic E-state index is -2.77. The van der Waals surface area contributed by atoms with Crippen LogP contribution in [0.25, 0.3) is 0 Å². The van der Waals surface area contributed by atoms with E-state index in [0.717, 1.165) is 31.6 Å². The molecule has 2 nitrogen and oxygen atoms in total. The molecule has 0 heterocycles. The molecule has 0 bridgehead atoms. The van der Waals surface area contributed by atoms with Crippen LogP contribution in [0.4, 0.5) is 0 Å². The van der Waals surface area contributed by atoms with E-state index < -0.39 is 9.84 Å². The zero-order valence-corrected chi connectivity index (χ0v) is 9.94. The standard InChI is InChI=1S/C11H20O2S/c1-9-7-11(8-9)5-3-10(4-6-11)14(2,12)13/h9-10H,3-8H2,1-2H3. The zero-order valence-electron chi connectivity index (χ0n) is 9.12. The van der Waals surface area contributed by atoms with Gasteiger partial charge in [-0.25, -0.2) is 8.42 Å². The SMILES string of the molecule is CC1CC2(CCC(S(C)(=O)=O)CC2)C1. The molecule has 0 atom stereocenters. The highest BCUT2D eigenvalue weighted by Gasteiger charge is 2.45. The van der Waals surface area contributed by atoms with Crippen LogP contribution in [-0.2, 0) is 9.84 Å². The molecule has 0 unspecified atom stereocenters. The molecule has 14 heavy (non-hydrogen) atoms. The van der Waals surface area contributed by atoms with Gasteiger partial charge in [0.1, 0.15) is 9.84 Å². The van der Waals surface area contributed by atoms with Gasteiger partial charge in [0.2, 0.25) is 0 Å². The van der Waals surface area contributed by atoms with Gasteiger partial charge in [0.15, 0.2) is 0 Å². The van der Waals surface area contributed by atoms with E-state index in [9.17, 15) is 8.42 Å². The second-order valence-electron chi connectivity index (χ2n) is 5.54. The minimum absolute atomic E-state index is 0.0379. The molecule has 0 aliphatic heterocycles. The van der Waals surface area contributed by atoms with E-state index in [0.29, 0.717) is 5.41 Å². The minimum Gasteiger partial charge on any atom is -0.229 e. The molecule has 0 aromatic heterocycles. The Bertz CT molecular complexity index is 302. The Hall–Kier alpha value is -0.0500. The first-order valence-electron chi connectivity index (χ1n) is 5.60. The summed E-state index contributed by atoms with van der Waals surface area (Å²) in [6.45, 7) is 2.30. The van der Waals surface area contributed by atoms with Gasteiger partial charge in [-0.1, -0.05) is 6.92 Å². The van der Waals surface area contributed by atoms with Crippen molar-refractivity contribution in [1.29, 1.82) is 0 Å². The lowest BCUT2D eigenvalue weighted by molar-refractivity contribution is 0.0254. The lowest BCUT2D eigenvalue weighted by Gasteiger charge is -2.50. The number of sulfone groups is 1. The van der Waals surface area contributed by atoms with Crippen molar-refractivity contribution in [3.63, 3.8) is 0 Å². The first-order valence-corrected chi connectivity index (χ1v) is 7.56. The molecular formula is C11H20O2S. The van der Waals surface area contributed by atoms with Crippen molar-refractivity contribution < 1.29 is 8.42 Å². The zero-order chi connectivity index (χ0) is 10.4. The predicted molar refractivity (Wildman–Crippen MR) is 57.9 cm³/mol. The van der Waals surface area contributed by atoms with Gasteiger partial charge in [-0.05, 0) is 49.9 Å². The van der Waals surface area contributed by atoms with Gasteiger partial charge in [0, 0.05) is 6.26 Å². The summed E-state index contributed by atoms with van der Waals surface area (Å²) in [6.07, 6.45) is 8.17. The molecule has 2 rings (SSSR count). The maximum Gasteiger partial charge on any atom is 0.150 e. The fraction of sp³-hybridized carbons (Fsp3) is 1.00. The average Bonchev–Trinajstić information content (AvgIpc) is 2.01. The van der Waals surface area contributed by atoms with Crippen molar-refractivity contribution in [2.45, 2.75) is 50.7 Å². The highest BCUT2D eigenvalue weighted by Crippen LogP contribution is 2.55. The van der Waals surface area contributed by atoms with Gasteiger partial charge in [-0.3, -0.25) is 0 Å². The highest BCUT2D eigenvalue weighted by atomic mass is 32.2. The highest BCUT2D eigenvalue weighted by molar-refractivity contribution is 7.91. The molecule has 0 radical (unpaired) electrons. The molecule has 1 spiro atoms. The van der Waals surface area contributed by atoms with Gasteiger partial charge < -0.3 is 0 Å². The lowest BCUT2D eigenvalue weighted by Crippen LogP contribution is -2.41. The van der Waals surface area contributed by atoms with Crippen LogP contribution in [0.1, 0.15) is 45.4 Å². The van der Waals surface area contributed by atoms with Crippen LogP contribution in [-0.4, -0.2) is 19.9 Å². The Morgan fingerprint density at radius 1 is 1.14 bits per heavy atom. The van der Waals surface area contributed by atoms with E-state index in [1.54, 1.807) is 0 Å². The summed E-state index contributed by atoms with van der Waals surface area (Å²) >= 11 is 0. The Balaban J connectivity index is 1.93. The second kappa shape index (κ2) is 3.22. The number of hydrogen-bond acceptors (Lipinski definition) is 2. The normalized spacial score (nSPS) is 43.6. The maximum atomic E-state index is 11.4. The summed E-state index contributed by atoms with van der Waals surface area (Å²) in [5, 5.41) is -0.0379. The third-order valence-corrected chi connectivity index (χ3v) is 5.84. The molecule has 2 saturated carbocycles. The van der Waals surface area contributed by atoms with Gasteiger partial charge in [0.25, 0.3) is 0 Å². The monoisotopic (exact) mass is 216 g/mol. The Morgan fingerprint density at radius 3 is 2.00 bits per heavy atom. The summed E-state index contributed by atoms with van der Waals surface area (Å²) in [6, 6.07) is 0. The smallest absolute Gasteiger partial charge is 0.150 e. The fourth-order valence-corrected chi connectivity index (χ4v) is 4.55. The van der Waals surface area contributed by atoms with Crippen LogP contribution in [0.5, 0.6) is 0 Å². The molecule has 2 aliphatic carbocycles. The van der Waals surface area contributed by atoms with Crippen LogP contribution >= 0.6 is 0 Å². The van der Waals surface area contributed by atoms with E-state index in [-0.39, 0.29) is 5.25 Å². The third kappa shape index (κ3) is 1.83. The molecule has 0 amide bonds. The molecule has 3 heteroatoms. The summed E-state index contributed by atoms with van der Waals surface area (Å²) in [4.78, 5) is 0. The van der Waals surface area contributed by atoms with Crippen LogP contribution in [0.3, 0.4) is 0 Å². The van der Waals surface area contributed by atoms with E-state index in [1.807, 2.05) is 0 Å². The van der Waals surface area contributed by atoms with E-state index in [4.69, 9.17) is 0 Å². The summed E-state index contributed by atoms with van der Waals surface area (Å²) in [7, 11) is -2.77. The van der Waals surface area contributed by atoms with E-state index in [2.05, 4.69) is 6.92 Å². The Kier molecular flexibility index (Phi) is 2.41. The maximum absolute atomic E-state index is 11.4. The van der Waals surface area contributed by atoms with Crippen molar-refractivity contribution in [2.24, 2.45) is 11.3 Å².